The van der Waals surface area contributed by atoms with Gasteiger partial charge in [0.2, 0.25) is 5.88 Å². The van der Waals surface area contributed by atoms with E-state index in [2.05, 4.69) is 4.98 Å². The van der Waals surface area contributed by atoms with E-state index in [0.29, 0.717) is 23.7 Å². The summed E-state index contributed by atoms with van der Waals surface area (Å²) in [6.07, 6.45) is 2.03. The van der Waals surface area contributed by atoms with Gasteiger partial charge in [0.05, 0.1) is 17.6 Å². The van der Waals surface area contributed by atoms with Crippen molar-refractivity contribution in [3.63, 3.8) is 0 Å². The number of aromatic nitrogens is 1. The van der Waals surface area contributed by atoms with Crippen LogP contribution in [0.2, 0.25) is 5.02 Å². The molecule has 0 unspecified atom stereocenters. The van der Waals surface area contributed by atoms with Gasteiger partial charge in [-0.15, -0.1) is 0 Å². The lowest BCUT2D eigenvalue weighted by Crippen LogP contribution is -1.92. The quantitative estimate of drug-likeness (QED) is 0.782. The van der Waals surface area contributed by atoms with Gasteiger partial charge in [0.25, 0.3) is 0 Å². The highest BCUT2D eigenvalue weighted by Gasteiger charge is 2.07. The first-order chi connectivity index (χ1) is 8.26. The SMILES string of the molecule is COc1ccc2c(Cl)c(CCC=O)ccc2n1. The molecule has 0 saturated carbocycles. The van der Waals surface area contributed by atoms with Crippen molar-refractivity contribution in [1.82, 2.24) is 4.98 Å². The van der Waals surface area contributed by atoms with Crippen LogP contribution in [0.25, 0.3) is 10.9 Å². The van der Waals surface area contributed by atoms with Gasteiger partial charge in [0.15, 0.2) is 0 Å². The smallest absolute Gasteiger partial charge is 0.213 e. The number of hydrogen-bond acceptors (Lipinski definition) is 3. The van der Waals surface area contributed by atoms with Gasteiger partial charge in [-0.05, 0) is 24.1 Å². The molecular weight excluding hydrogens is 238 g/mol. The Bertz CT molecular complexity index is 554. The summed E-state index contributed by atoms with van der Waals surface area (Å²) >= 11 is 6.28. The first kappa shape index (κ1) is 11.9. The third-order valence-electron chi connectivity index (χ3n) is 2.60. The van der Waals surface area contributed by atoms with Crippen LogP contribution >= 0.6 is 11.6 Å². The molecule has 17 heavy (non-hydrogen) atoms. The summed E-state index contributed by atoms with van der Waals surface area (Å²) in [5.74, 6) is 0.564. The highest BCUT2D eigenvalue weighted by Crippen LogP contribution is 2.28. The second kappa shape index (κ2) is 5.15. The van der Waals surface area contributed by atoms with Crippen molar-refractivity contribution >= 4 is 28.8 Å². The maximum absolute atomic E-state index is 10.4. The Hall–Kier alpha value is -1.61. The second-order valence-corrected chi connectivity index (χ2v) is 4.04. The van der Waals surface area contributed by atoms with Crippen LogP contribution in [0.4, 0.5) is 0 Å². The van der Waals surface area contributed by atoms with Crippen LogP contribution in [0, 0.1) is 0 Å². The number of nitrogens with zero attached hydrogens (tertiary/aromatic N) is 1. The Kier molecular flexibility index (Phi) is 3.59. The highest BCUT2D eigenvalue weighted by molar-refractivity contribution is 6.36. The summed E-state index contributed by atoms with van der Waals surface area (Å²) in [6.45, 7) is 0. The molecule has 2 aromatic rings. The fourth-order valence-electron chi connectivity index (χ4n) is 1.72. The van der Waals surface area contributed by atoms with Crippen LogP contribution in [-0.2, 0) is 11.2 Å². The number of benzene rings is 1. The molecule has 0 amide bonds. The summed E-state index contributed by atoms with van der Waals surface area (Å²) in [5, 5.41) is 1.55. The molecule has 0 atom stereocenters. The molecule has 0 radical (unpaired) electrons. The van der Waals surface area contributed by atoms with Gasteiger partial charge in [-0.2, -0.15) is 0 Å². The Morgan fingerprint density at radius 3 is 2.88 bits per heavy atom. The largest absolute Gasteiger partial charge is 0.481 e. The molecule has 2 rings (SSSR count). The zero-order valence-corrected chi connectivity index (χ0v) is 10.2. The molecule has 88 valence electrons. The summed E-state index contributed by atoms with van der Waals surface area (Å²) in [4.78, 5) is 14.7. The Morgan fingerprint density at radius 1 is 1.35 bits per heavy atom. The first-order valence-electron chi connectivity index (χ1n) is 5.32. The third kappa shape index (κ3) is 2.39. The van der Waals surface area contributed by atoms with E-state index in [4.69, 9.17) is 16.3 Å². The predicted molar refractivity (Wildman–Crippen MR) is 67.7 cm³/mol. The zero-order chi connectivity index (χ0) is 12.3. The van der Waals surface area contributed by atoms with Crippen molar-refractivity contribution in [3.05, 3.63) is 34.9 Å². The zero-order valence-electron chi connectivity index (χ0n) is 9.44. The number of ether oxygens (including phenoxy) is 1. The Labute approximate surface area is 104 Å². The maximum atomic E-state index is 10.4. The topological polar surface area (TPSA) is 39.2 Å². The molecular formula is C13H12ClNO2. The Balaban J connectivity index is 2.48. The van der Waals surface area contributed by atoms with E-state index in [-0.39, 0.29) is 0 Å². The van der Waals surface area contributed by atoms with E-state index < -0.39 is 0 Å². The number of pyridine rings is 1. The minimum atomic E-state index is 0.481. The van der Waals surface area contributed by atoms with Gasteiger partial charge in [-0.1, -0.05) is 17.7 Å². The number of carbonyl (C=O) groups excluding carboxylic acids is 1. The number of rotatable bonds is 4. The number of carbonyl (C=O) groups is 1. The van der Waals surface area contributed by atoms with E-state index in [1.165, 1.54) is 0 Å². The van der Waals surface area contributed by atoms with Crippen molar-refractivity contribution in [2.45, 2.75) is 12.8 Å². The van der Waals surface area contributed by atoms with Gasteiger partial charge >= 0.3 is 0 Å². The molecule has 0 aliphatic rings. The number of aryl methyl sites for hydroxylation is 1. The molecule has 1 heterocycles. The first-order valence-corrected chi connectivity index (χ1v) is 5.70. The van der Waals surface area contributed by atoms with Gasteiger partial charge < -0.3 is 9.53 Å². The molecule has 4 heteroatoms. The van der Waals surface area contributed by atoms with Crippen molar-refractivity contribution in [3.8, 4) is 5.88 Å². The monoisotopic (exact) mass is 249 g/mol. The van der Waals surface area contributed by atoms with Gasteiger partial charge in [0, 0.05) is 17.9 Å². The van der Waals surface area contributed by atoms with Gasteiger partial charge in [-0.3, -0.25) is 0 Å². The molecule has 0 spiro atoms. The van der Waals surface area contributed by atoms with Crippen LogP contribution in [-0.4, -0.2) is 18.4 Å². The molecule has 0 aliphatic heterocycles. The highest BCUT2D eigenvalue weighted by atomic mass is 35.5. The van der Waals surface area contributed by atoms with Crippen LogP contribution in [0.1, 0.15) is 12.0 Å². The number of methoxy groups -OCH3 is 1. The lowest BCUT2D eigenvalue weighted by molar-refractivity contribution is -0.107. The molecule has 0 saturated heterocycles. The number of halogens is 1. The normalized spacial score (nSPS) is 10.5. The van der Waals surface area contributed by atoms with E-state index in [9.17, 15) is 4.79 Å². The third-order valence-corrected chi connectivity index (χ3v) is 3.05. The second-order valence-electron chi connectivity index (χ2n) is 3.66. The fourth-order valence-corrected chi connectivity index (χ4v) is 2.03. The number of aldehydes is 1. The predicted octanol–water partition coefficient (Wildman–Crippen LogP) is 3.03. The average Bonchev–Trinajstić information content (AvgIpc) is 2.37. The Morgan fingerprint density at radius 2 is 2.18 bits per heavy atom. The van der Waals surface area contributed by atoms with Gasteiger partial charge in [0.1, 0.15) is 6.29 Å². The number of hydrogen-bond donors (Lipinski definition) is 0. The van der Waals surface area contributed by atoms with Crippen LogP contribution < -0.4 is 4.74 Å². The molecule has 1 aromatic carbocycles. The molecule has 0 N–H and O–H groups in total. The van der Waals surface area contributed by atoms with Crippen molar-refractivity contribution < 1.29 is 9.53 Å². The molecule has 3 nitrogen and oxygen atoms in total. The van der Waals surface area contributed by atoms with E-state index in [0.717, 1.165) is 22.8 Å². The molecule has 1 aromatic heterocycles. The average molecular weight is 250 g/mol. The lowest BCUT2D eigenvalue weighted by atomic mass is 10.1. The summed E-state index contributed by atoms with van der Waals surface area (Å²) in [7, 11) is 1.58. The summed E-state index contributed by atoms with van der Waals surface area (Å²) in [6, 6.07) is 7.45. The van der Waals surface area contributed by atoms with Crippen molar-refractivity contribution in [2.75, 3.05) is 7.11 Å². The molecule has 0 aliphatic carbocycles. The maximum Gasteiger partial charge on any atom is 0.213 e. The molecule has 0 fully saturated rings. The van der Waals surface area contributed by atoms with Crippen LogP contribution in [0.3, 0.4) is 0 Å². The van der Waals surface area contributed by atoms with Gasteiger partial charge in [-0.25, -0.2) is 4.98 Å². The van der Waals surface area contributed by atoms with Crippen LogP contribution in [0.5, 0.6) is 5.88 Å². The van der Waals surface area contributed by atoms with Crippen molar-refractivity contribution in [1.29, 1.82) is 0 Å². The standard InChI is InChI=1S/C13H12ClNO2/c1-17-12-7-5-10-11(15-12)6-4-9(13(10)14)3-2-8-16/h4-8H,2-3H2,1H3. The minimum Gasteiger partial charge on any atom is -0.481 e. The fraction of sp³-hybridized carbons (Fsp3) is 0.231. The number of fused-ring (bicyclic) bond motifs is 1. The van der Waals surface area contributed by atoms with E-state index >= 15 is 0 Å². The van der Waals surface area contributed by atoms with E-state index in [1.54, 1.807) is 13.2 Å². The van der Waals surface area contributed by atoms with E-state index in [1.807, 2.05) is 18.2 Å². The minimum absolute atomic E-state index is 0.481. The lowest BCUT2D eigenvalue weighted by Gasteiger charge is -2.07. The van der Waals surface area contributed by atoms with Crippen molar-refractivity contribution in [2.24, 2.45) is 0 Å². The molecule has 0 bridgehead atoms. The van der Waals surface area contributed by atoms with Crippen LogP contribution in [0.15, 0.2) is 24.3 Å². The summed E-state index contributed by atoms with van der Waals surface area (Å²) < 4.78 is 5.06. The summed E-state index contributed by atoms with van der Waals surface area (Å²) in [5.41, 5.74) is 1.77.